The third kappa shape index (κ3) is 11.4. The van der Waals surface area contributed by atoms with E-state index in [1.54, 1.807) is 7.11 Å². The fraction of sp³-hybridized carbons (Fsp3) is 0.882. The van der Waals surface area contributed by atoms with Crippen LogP contribution in [0.15, 0.2) is 11.7 Å². The van der Waals surface area contributed by atoms with Crippen LogP contribution in [-0.4, -0.2) is 27.1 Å². The van der Waals surface area contributed by atoms with E-state index in [0.717, 1.165) is 18.6 Å². The predicted molar refractivity (Wildman–Crippen MR) is 85.8 cm³/mol. The average Bonchev–Trinajstić information content (AvgIpc) is 2.49. The second-order valence-electron chi connectivity index (χ2n) is 5.00. The normalized spacial score (nSPS) is 12.0. The number of hydrogen-bond acceptors (Lipinski definition) is 4. The van der Waals surface area contributed by atoms with E-state index in [1.807, 2.05) is 13.8 Å². The monoisotopic (exact) mass is 302 g/mol. The van der Waals surface area contributed by atoms with Crippen LogP contribution in [0.3, 0.4) is 0 Å². The number of methoxy groups -OCH3 is 1. The SMILES string of the molecule is CCCCCCCCC/C(OCC)=C(\OCC)OCOC. The molecule has 0 atom stereocenters. The van der Waals surface area contributed by atoms with Crippen LogP contribution in [0.2, 0.25) is 0 Å². The summed E-state index contributed by atoms with van der Waals surface area (Å²) in [6, 6.07) is 0. The minimum Gasteiger partial charge on any atom is -0.491 e. The molecular formula is C17H34O4. The van der Waals surface area contributed by atoms with Crippen molar-refractivity contribution >= 4 is 0 Å². The summed E-state index contributed by atoms with van der Waals surface area (Å²) in [5, 5.41) is 0. The Morgan fingerprint density at radius 2 is 1.33 bits per heavy atom. The Morgan fingerprint density at radius 1 is 0.714 bits per heavy atom. The Hall–Kier alpha value is -0.900. The molecule has 126 valence electrons. The van der Waals surface area contributed by atoms with Gasteiger partial charge in [-0.05, 0) is 20.3 Å². The summed E-state index contributed by atoms with van der Waals surface area (Å²) in [4.78, 5) is 0. The van der Waals surface area contributed by atoms with Gasteiger partial charge in [0.1, 0.15) is 0 Å². The topological polar surface area (TPSA) is 36.9 Å². The Balaban J connectivity index is 4.16. The van der Waals surface area contributed by atoms with Crippen LogP contribution in [0, 0.1) is 0 Å². The lowest BCUT2D eigenvalue weighted by Crippen LogP contribution is -2.07. The van der Waals surface area contributed by atoms with Gasteiger partial charge >= 0.3 is 5.95 Å². The van der Waals surface area contributed by atoms with E-state index in [1.165, 1.54) is 38.5 Å². The third-order valence-electron chi connectivity index (χ3n) is 3.14. The van der Waals surface area contributed by atoms with Crippen molar-refractivity contribution in [1.29, 1.82) is 0 Å². The zero-order chi connectivity index (χ0) is 15.8. The highest BCUT2D eigenvalue weighted by Gasteiger charge is 2.11. The second kappa shape index (κ2) is 15.5. The zero-order valence-electron chi connectivity index (χ0n) is 14.4. The van der Waals surface area contributed by atoms with E-state index in [0.29, 0.717) is 19.2 Å². The van der Waals surface area contributed by atoms with Gasteiger partial charge in [-0.3, -0.25) is 0 Å². The summed E-state index contributed by atoms with van der Waals surface area (Å²) in [6.07, 6.45) is 9.82. The minimum atomic E-state index is 0.183. The largest absolute Gasteiger partial charge is 0.491 e. The predicted octanol–water partition coefficient (Wildman–Crippen LogP) is 4.99. The molecule has 0 bridgehead atoms. The molecule has 0 amide bonds. The van der Waals surface area contributed by atoms with Crippen molar-refractivity contribution < 1.29 is 18.9 Å². The molecule has 0 saturated heterocycles. The highest BCUT2D eigenvalue weighted by Crippen LogP contribution is 2.18. The molecule has 0 aromatic carbocycles. The Kier molecular flexibility index (Phi) is 14.8. The first-order valence-electron chi connectivity index (χ1n) is 8.40. The lowest BCUT2D eigenvalue weighted by molar-refractivity contribution is -0.0663. The first-order chi connectivity index (χ1) is 10.3. The molecule has 0 rings (SSSR count). The van der Waals surface area contributed by atoms with Gasteiger partial charge in [0.15, 0.2) is 12.6 Å². The lowest BCUT2D eigenvalue weighted by Gasteiger charge is -2.16. The van der Waals surface area contributed by atoms with Crippen molar-refractivity contribution in [3.63, 3.8) is 0 Å². The van der Waals surface area contributed by atoms with E-state index in [4.69, 9.17) is 18.9 Å². The molecule has 21 heavy (non-hydrogen) atoms. The van der Waals surface area contributed by atoms with Crippen molar-refractivity contribution in [2.75, 3.05) is 27.1 Å². The van der Waals surface area contributed by atoms with E-state index in [9.17, 15) is 0 Å². The molecule has 0 aromatic heterocycles. The summed E-state index contributed by atoms with van der Waals surface area (Å²) < 4.78 is 21.6. The molecule has 0 heterocycles. The Labute approximate surface area is 130 Å². The number of ether oxygens (including phenoxy) is 4. The number of unbranched alkanes of at least 4 members (excludes halogenated alkanes) is 6. The molecule has 0 saturated carbocycles. The maximum Gasteiger partial charge on any atom is 0.321 e. The molecule has 0 aliphatic carbocycles. The van der Waals surface area contributed by atoms with Crippen molar-refractivity contribution in [2.24, 2.45) is 0 Å². The summed E-state index contributed by atoms with van der Waals surface area (Å²) in [7, 11) is 1.60. The third-order valence-corrected chi connectivity index (χ3v) is 3.14. The molecule has 0 N–H and O–H groups in total. The molecular weight excluding hydrogens is 268 g/mol. The van der Waals surface area contributed by atoms with Gasteiger partial charge < -0.3 is 18.9 Å². The van der Waals surface area contributed by atoms with Crippen LogP contribution in [0.25, 0.3) is 0 Å². The zero-order valence-corrected chi connectivity index (χ0v) is 14.4. The smallest absolute Gasteiger partial charge is 0.321 e. The molecule has 0 aliphatic heterocycles. The van der Waals surface area contributed by atoms with Gasteiger partial charge in [0.05, 0.1) is 13.2 Å². The summed E-state index contributed by atoms with van der Waals surface area (Å²) in [5.41, 5.74) is 0. The highest BCUT2D eigenvalue weighted by atomic mass is 16.7. The van der Waals surface area contributed by atoms with Crippen molar-refractivity contribution in [1.82, 2.24) is 0 Å². The summed E-state index contributed by atoms with van der Waals surface area (Å²) in [6.45, 7) is 7.53. The van der Waals surface area contributed by atoms with Gasteiger partial charge in [0.2, 0.25) is 0 Å². The van der Waals surface area contributed by atoms with Gasteiger partial charge in [0, 0.05) is 13.5 Å². The van der Waals surface area contributed by atoms with E-state index < -0.39 is 0 Å². The highest BCUT2D eigenvalue weighted by molar-refractivity contribution is 4.95. The Bertz CT molecular complexity index is 251. The van der Waals surface area contributed by atoms with E-state index in [2.05, 4.69) is 6.92 Å². The average molecular weight is 302 g/mol. The maximum absolute atomic E-state index is 5.67. The summed E-state index contributed by atoms with van der Waals surface area (Å²) in [5.74, 6) is 1.29. The molecule has 0 radical (unpaired) electrons. The van der Waals surface area contributed by atoms with Gasteiger partial charge in [-0.15, -0.1) is 0 Å². The van der Waals surface area contributed by atoms with Crippen molar-refractivity contribution in [2.45, 2.75) is 72.1 Å². The number of hydrogen-bond donors (Lipinski definition) is 0. The maximum atomic E-state index is 5.67. The molecule has 4 heteroatoms. The fourth-order valence-corrected chi connectivity index (χ4v) is 2.10. The first-order valence-corrected chi connectivity index (χ1v) is 8.40. The molecule has 0 fully saturated rings. The van der Waals surface area contributed by atoms with Crippen LogP contribution in [0.1, 0.15) is 72.1 Å². The Morgan fingerprint density at radius 3 is 1.90 bits per heavy atom. The van der Waals surface area contributed by atoms with Gasteiger partial charge in [0.25, 0.3) is 0 Å². The minimum absolute atomic E-state index is 0.183. The quantitative estimate of drug-likeness (QED) is 0.242. The van der Waals surface area contributed by atoms with E-state index in [-0.39, 0.29) is 6.79 Å². The number of rotatable bonds is 15. The molecule has 0 aromatic rings. The van der Waals surface area contributed by atoms with Crippen LogP contribution >= 0.6 is 0 Å². The molecule has 0 unspecified atom stereocenters. The summed E-state index contributed by atoms with van der Waals surface area (Å²) >= 11 is 0. The van der Waals surface area contributed by atoms with Crippen molar-refractivity contribution in [3.05, 3.63) is 11.7 Å². The van der Waals surface area contributed by atoms with Gasteiger partial charge in [-0.25, -0.2) is 0 Å². The number of allylic oxidation sites excluding steroid dienone is 1. The fourth-order valence-electron chi connectivity index (χ4n) is 2.10. The molecule has 4 nitrogen and oxygen atoms in total. The van der Waals surface area contributed by atoms with E-state index >= 15 is 0 Å². The second-order valence-corrected chi connectivity index (χ2v) is 5.00. The van der Waals surface area contributed by atoms with Gasteiger partial charge in [-0.1, -0.05) is 45.4 Å². The van der Waals surface area contributed by atoms with Crippen LogP contribution in [0.5, 0.6) is 0 Å². The van der Waals surface area contributed by atoms with Crippen LogP contribution < -0.4 is 0 Å². The van der Waals surface area contributed by atoms with Crippen LogP contribution in [0.4, 0.5) is 0 Å². The van der Waals surface area contributed by atoms with Crippen LogP contribution in [-0.2, 0) is 18.9 Å². The van der Waals surface area contributed by atoms with Gasteiger partial charge in [-0.2, -0.15) is 0 Å². The molecule has 0 aliphatic rings. The first kappa shape index (κ1) is 20.1. The van der Waals surface area contributed by atoms with Crippen molar-refractivity contribution in [3.8, 4) is 0 Å². The standard InChI is InChI=1S/C17H34O4/c1-5-8-9-10-11-12-13-14-16(19-6-2)17(20-7-3)21-15-18-4/h5-15H2,1-4H3/b17-16-. The molecule has 0 spiro atoms. The lowest BCUT2D eigenvalue weighted by atomic mass is 10.1.